The molecule has 0 spiro atoms. The molecule has 0 heterocycles. The molecule has 0 atom stereocenters. The number of carbonyl (C=O) groups is 1. The molecule has 110 valence electrons. The van der Waals surface area contributed by atoms with Crippen molar-refractivity contribution in [3.8, 4) is 0 Å². The number of nitrogens with two attached hydrogens (primary N) is 2. The van der Waals surface area contributed by atoms with Gasteiger partial charge in [-0.05, 0) is 35.2 Å². The Morgan fingerprint density at radius 2 is 1.71 bits per heavy atom. The summed E-state index contributed by atoms with van der Waals surface area (Å²) in [5.74, 6) is -0.502. The van der Waals surface area contributed by atoms with E-state index in [2.05, 4.69) is 32.2 Å². The molecule has 0 aliphatic carbocycles. The molecule has 4 nitrogen and oxygen atoms in total. The topological polar surface area (TPSA) is 81.1 Å². The molecule has 0 saturated heterocycles. The number of hydrogen-bond acceptors (Lipinski definition) is 3. The Morgan fingerprint density at radius 3 is 2.33 bits per heavy atom. The molecule has 0 aliphatic heterocycles. The highest BCUT2D eigenvalue weighted by Gasteiger charge is 2.18. The SMILES string of the molecule is CC(C)(C)c1ccccc1Nc1ccc(N)cc1C(N)=O. The summed E-state index contributed by atoms with van der Waals surface area (Å²) in [5.41, 5.74) is 14.8. The zero-order valence-corrected chi connectivity index (χ0v) is 12.6. The molecule has 0 unspecified atom stereocenters. The van der Waals surface area contributed by atoms with E-state index in [0.29, 0.717) is 16.9 Å². The van der Waals surface area contributed by atoms with Crippen molar-refractivity contribution in [3.63, 3.8) is 0 Å². The van der Waals surface area contributed by atoms with Crippen LogP contribution in [0.15, 0.2) is 42.5 Å². The monoisotopic (exact) mass is 283 g/mol. The van der Waals surface area contributed by atoms with Crippen LogP contribution in [0.2, 0.25) is 0 Å². The molecular formula is C17H21N3O. The van der Waals surface area contributed by atoms with Crippen LogP contribution in [0.4, 0.5) is 17.1 Å². The van der Waals surface area contributed by atoms with Gasteiger partial charge in [-0.25, -0.2) is 0 Å². The smallest absolute Gasteiger partial charge is 0.250 e. The van der Waals surface area contributed by atoms with Crippen molar-refractivity contribution in [2.45, 2.75) is 26.2 Å². The lowest BCUT2D eigenvalue weighted by Gasteiger charge is -2.24. The number of nitrogens with one attached hydrogen (secondary N) is 1. The molecule has 2 rings (SSSR count). The molecule has 0 fully saturated rings. The molecule has 0 aliphatic rings. The van der Waals surface area contributed by atoms with E-state index in [9.17, 15) is 4.79 Å². The average Bonchev–Trinajstić information content (AvgIpc) is 2.40. The molecule has 0 aromatic heterocycles. The van der Waals surface area contributed by atoms with Crippen LogP contribution in [0, 0.1) is 0 Å². The van der Waals surface area contributed by atoms with Crippen molar-refractivity contribution in [1.29, 1.82) is 0 Å². The van der Waals surface area contributed by atoms with Gasteiger partial charge < -0.3 is 16.8 Å². The number of para-hydroxylation sites is 1. The molecule has 0 radical (unpaired) electrons. The van der Waals surface area contributed by atoms with E-state index in [1.165, 1.54) is 0 Å². The standard InChI is InChI=1S/C17H21N3O/c1-17(2,3)13-6-4-5-7-15(13)20-14-9-8-11(18)10-12(14)16(19)21/h4-10,20H,18H2,1-3H3,(H2,19,21). The first kappa shape index (κ1) is 14.9. The van der Waals surface area contributed by atoms with E-state index >= 15 is 0 Å². The van der Waals surface area contributed by atoms with E-state index in [0.717, 1.165) is 11.3 Å². The van der Waals surface area contributed by atoms with E-state index < -0.39 is 5.91 Å². The van der Waals surface area contributed by atoms with Crippen LogP contribution >= 0.6 is 0 Å². The van der Waals surface area contributed by atoms with Crippen molar-refractivity contribution in [3.05, 3.63) is 53.6 Å². The van der Waals surface area contributed by atoms with Gasteiger partial charge in [0.1, 0.15) is 0 Å². The maximum atomic E-state index is 11.6. The maximum absolute atomic E-state index is 11.6. The van der Waals surface area contributed by atoms with Gasteiger partial charge in [0.25, 0.3) is 5.91 Å². The highest BCUT2D eigenvalue weighted by molar-refractivity contribution is 6.00. The Morgan fingerprint density at radius 1 is 1.05 bits per heavy atom. The molecule has 0 saturated carbocycles. The van der Waals surface area contributed by atoms with Gasteiger partial charge in [0.2, 0.25) is 0 Å². The lowest BCUT2D eigenvalue weighted by molar-refractivity contribution is 0.100. The van der Waals surface area contributed by atoms with Crippen LogP contribution in [0.1, 0.15) is 36.7 Å². The first-order valence-corrected chi connectivity index (χ1v) is 6.85. The number of rotatable bonds is 3. The molecular weight excluding hydrogens is 262 g/mol. The highest BCUT2D eigenvalue weighted by atomic mass is 16.1. The molecule has 1 amide bonds. The van der Waals surface area contributed by atoms with Gasteiger partial charge in [0.15, 0.2) is 0 Å². The van der Waals surface area contributed by atoms with Gasteiger partial charge in [-0.2, -0.15) is 0 Å². The number of carbonyl (C=O) groups excluding carboxylic acids is 1. The molecule has 21 heavy (non-hydrogen) atoms. The lowest BCUT2D eigenvalue weighted by atomic mass is 9.85. The van der Waals surface area contributed by atoms with Crippen LogP contribution in [-0.2, 0) is 5.41 Å². The van der Waals surface area contributed by atoms with E-state index in [-0.39, 0.29) is 5.41 Å². The van der Waals surface area contributed by atoms with Crippen molar-refractivity contribution in [2.24, 2.45) is 5.73 Å². The van der Waals surface area contributed by atoms with Gasteiger partial charge in [-0.15, -0.1) is 0 Å². The molecule has 0 bridgehead atoms. The second-order valence-electron chi connectivity index (χ2n) is 6.09. The minimum atomic E-state index is -0.502. The summed E-state index contributed by atoms with van der Waals surface area (Å²) >= 11 is 0. The number of hydrogen-bond donors (Lipinski definition) is 3. The Bertz CT molecular complexity index is 672. The van der Waals surface area contributed by atoms with Gasteiger partial charge in [-0.1, -0.05) is 39.0 Å². The summed E-state index contributed by atoms with van der Waals surface area (Å²) in [4.78, 5) is 11.6. The predicted molar refractivity (Wildman–Crippen MR) is 87.8 cm³/mol. The third-order valence-corrected chi connectivity index (χ3v) is 3.31. The average molecular weight is 283 g/mol. The summed E-state index contributed by atoms with van der Waals surface area (Å²) in [6.45, 7) is 6.43. The van der Waals surface area contributed by atoms with Crippen LogP contribution < -0.4 is 16.8 Å². The Hall–Kier alpha value is -2.49. The van der Waals surface area contributed by atoms with Crippen LogP contribution in [0.25, 0.3) is 0 Å². The van der Waals surface area contributed by atoms with Gasteiger partial charge >= 0.3 is 0 Å². The first-order valence-electron chi connectivity index (χ1n) is 6.85. The minimum Gasteiger partial charge on any atom is -0.399 e. The van der Waals surface area contributed by atoms with Gasteiger partial charge in [0, 0.05) is 11.4 Å². The quantitative estimate of drug-likeness (QED) is 0.755. The Kier molecular flexibility index (Phi) is 3.89. The third kappa shape index (κ3) is 3.34. The number of amides is 1. The second-order valence-corrected chi connectivity index (χ2v) is 6.09. The normalized spacial score (nSPS) is 11.2. The number of anilines is 3. The van der Waals surface area contributed by atoms with Crippen molar-refractivity contribution in [2.75, 3.05) is 11.1 Å². The molecule has 2 aromatic carbocycles. The van der Waals surface area contributed by atoms with Gasteiger partial charge in [-0.3, -0.25) is 4.79 Å². The lowest BCUT2D eigenvalue weighted by Crippen LogP contribution is -2.16. The first-order chi connectivity index (χ1) is 9.79. The summed E-state index contributed by atoms with van der Waals surface area (Å²) in [7, 11) is 0. The second kappa shape index (κ2) is 5.48. The fraction of sp³-hybridized carbons (Fsp3) is 0.235. The molecule has 5 N–H and O–H groups in total. The van der Waals surface area contributed by atoms with E-state index in [4.69, 9.17) is 11.5 Å². The van der Waals surface area contributed by atoms with E-state index in [1.54, 1.807) is 18.2 Å². The Labute approximate surface area is 125 Å². The number of benzene rings is 2. The van der Waals surface area contributed by atoms with Gasteiger partial charge in [0.05, 0.1) is 11.3 Å². The predicted octanol–water partition coefficient (Wildman–Crippen LogP) is 3.41. The number of primary amides is 1. The zero-order chi connectivity index (χ0) is 15.6. The summed E-state index contributed by atoms with van der Waals surface area (Å²) in [6, 6.07) is 13.1. The molecule has 2 aromatic rings. The third-order valence-electron chi connectivity index (χ3n) is 3.31. The maximum Gasteiger partial charge on any atom is 0.250 e. The highest BCUT2D eigenvalue weighted by Crippen LogP contribution is 2.32. The van der Waals surface area contributed by atoms with Crippen molar-refractivity contribution >= 4 is 23.0 Å². The summed E-state index contributed by atoms with van der Waals surface area (Å²) in [6.07, 6.45) is 0. The summed E-state index contributed by atoms with van der Waals surface area (Å²) in [5, 5.41) is 3.30. The number of nitrogen functional groups attached to an aromatic ring is 1. The van der Waals surface area contributed by atoms with Crippen LogP contribution in [0.3, 0.4) is 0 Å². The minimum absolute atomic E-state index is 0.00963. The van der Waals surface area contributed by atoms with Crippen LogP contribution in [-0.4, -0.2) is 5.91 Å². The largest absolute Gasteiger partial charge is 0.399 e. The fourth-order valence-electron chi connectivity index (χ4n) is 2.27. The summed E-state index contributed by atoms with van der Waals surface area (Å²) < 4.78 is 0. The fourth-order valence-corrected chi connectivity index (χ4v) is 2.27. The van der Waals surface area contributed by atoms with E-state index in [1.807, 2.05) is 18.2 Å². The van der Waals surface area contributed by atoms with Crippen LogP contribution in [0.5, 0.6) is 0 Å². The molecule has 4 heteroatoms. The van der Waals surface area contributed by atoms with Crippen molar-refractivity contribution < 1.29 is 4.79 Å². The Balaban J connectivity index is 2.47. The van der Waals surface area contributed by atoms with Crippen molar-refractivity contribution in [1.82, 2.24) is 0 Å². The zero-order valence-electron chi connectivity index (χ0n) is 12.6.